The minimum Gasteiger partial charge on any atom is -0.411 e. The van der Waals surface area contributed by atoms with E-state index in [1.807, 2.05) is 18.2 Å². The van der Waals surface area contributed by atoms with Gasteiger partial charge < -0.3 is 10.2 Å². The number of aryl methyl sites for hydroxylation is 1. The molecule has 3 aromatic rings. The van der Waals surface area contributed by atoms with E-state index in [0.717, 1.165) is 42.3 Å². The molecule has 0 atom stereocenters. The Balaban J connectivity index is 2.08. The normalized spacial score (nSPS) is 12.3. The summed E-state index contributed by atoms with van der Waals surface area (Å²) in [7, 11) is 0. The van der Waals surface area contributed by atoms with Crippen molar-refractivity contribution >= 4 is 17.1 Å². The van der Waals surface area contributed by atoms with Crippen LogP contribution in [-0.4, -0.2) is 16.4 Å². The number of fused-ring (bicyclic) bond motifs is 1. The fourth-order valence-electron chi connectivity index (χ4n) is 3.04. The molecule has 0 bridgehead atoms. The van der Waals surface area contributed by atoms with E-state index in [9.17, 15) is 13.2 Å². The highest BCUT2D eigenvalue weighted by Crippen LogP contribution is 2.33. The number of unbranched alkanes of at least 4 members (excludes halogenated alkanes) is 1. The van der Waals surface area contributed by atoms with Crippen molar-refractivity contribution in [3.8, 4) is 11.3 Å². The van der Waals surface area contributed by atoms with Gasteiger partial charge in [0.15, 0.2) is 0 Å². The topological polar surface area (TPSA) is 48.4 Å². The second kappa shape index (κ2) is 7.23. The second-order valence-corrected chi connectivity index (χ2v) is 6.22. The summed E-state index contributed by atoms with van der Waals surface area (Å²) in [6.45, 7) is 2.13. The third kappa shape index (κ3) is 3.59. The summed E-state index contributed by atoms with van der Waals surface area (Å²) in [4.78, 5) is 3.22. The molecule has 2 aromatic carbocycles. The summed E-state index contributed by atoms with van der Waals surface area (Å²) in [5, 5.41) is 13.1. The third-order valence-electron chi connectivity index (χ3n) is 4.41. The zero-order valence-electron chi connectivity index (χ0n) is 14.3. The summed E-state index contributed by atoms with van der Waals surface area (Å²) < 4.78 is 38.3. The molecule has 0 aliphatic rings. The van der Waals surface area contributed by atoms with Crippen molar-refractivity contribution in [2.75, 3.05) is 0 Å². The number of benzene rings is 2. The van der Waals surface area contributed by atoms with Gasteiger partial charge in [0.25, 0.3) is 0 Å². The minimum absolute atomic E-state index is 0.596. The van der Waals surface area contributed by atoms with Gasteiger partial charge in [-0.1, -0.05) is 36.7 Å². The number of rotatable bonds is 5. The zero-order chi connectivity index (χ0) is 18.7. The van der Waals surface area contributed by atoms with Crippen LogP contribution in [0, 0.1) is 0 Å². The van der Waals surface area contributed by atoms with Crippen molar-refractivity contribution < 1.29 is 18.4 Å². The van der Waals surface area contributed by atoms with Gasteiger partial charge in [-0.05, 0) is 48.2 Å². The van der Waals surface area contributed by atoms with E-state index in [-0.39, 0.29) is 0 Å². The summed E-state index contributed by atoms with van der Waals surface area (Å²) >= 11 is 0. The van der Waals surface area contributed by atoms with Gasteiger partial charge in [-0.15, -0.1) is 0 Å². The summed E-state index contributed by atoms with van der Waals surface area (Å²) in [6.07, 6.45) is 0.0545. The van der Waals surface area contributed by atoms with Gasteiger partial charge in [0.2, 0.25) is 0 Å². The Bertz CT molecular complexity index is 925. The maximum Gasteiger partial charge on any atom is 0.416 e. The molecule has 0 radical (unpaired) electrons. The highest BCUT2D eigenvalue weighted by atomic mass is 19.4. The Morgan fingerprint density at radius 1 is 1.12 bits per heavy atom. The Hall–Kier alpha value is -2.76. The summed E-state index contributed by atoms with van der Waals surface area (Å²) in [5.74, 6) is 0. The maximum atomic E-state index is 12.8. The molecule has 0 aliphatic carbocycles. The Kier molecular flexibility index (Phi) is 5.02. The number of alkyl halides is 3. The molecule has 0 amide bonds. The van der Waals surface area contributed by atoms with Crippen LogP contribution in [0.25, 0.3) is 22.2 Å². The zero-order valence-corrected chi connectivity index (χ0v) is 14.3. The number of aromatic amines is 1. The molecule has 1 aromatic heterocycles. The molecule has 0 saturated carbocycles. The fraction of sp³-hybridized carbons (Fsp3) is 0.250. The Labute approximate surface area is 149 Å². The average Bonchev–Trinajstić information content (AvgIpc) is 2.98. The summed E-state index contributed by atoms with van der Waals surface area (Å²) in [6, 6.07) is 10.9. The Morgan fingerprint density at radius 3 is 2.46 bits per heavy atom. The highest BCUT2D eigenvalue weighted by Gasteiger charge is 2.30. The van der Waals surface area contributed by atoms with Gasteiger partial charge in [0, 0.05) is 16.5 Å². The molecule has 0 unspecified atom stereocenters. The van der Waals surface area contributed by atoms with Crippen LogP contribution in [-0.2, 0) is 12.6 Å². The molecule has 26 heavy (non-hydrogen) atoms. The fourth-order valence-corrected chi connectivity index (χ4v) is 3.04. The van der Waals surface area contributed by atoms with Crippen molar-refractivity contribution in [1.29, 1.82) is 0 Å². The predicted molar refractivity (Wildman–Crippen MR) is 96.7 cm³/mol. The van der Waals surface area contributed by atoms with Crippen LogP contribution in [0.3, 0.4) is 0 Å². The first-order valence-electron chi connectivity index (χ1n) is 8.43. The van der Waals surface area contributed by atoms with E-state index in [1.54, 1.807) is 0 Å². The molecule has 0 fully saturated rings. The molecule has 136 valence electrons. The minimum atomic E-state index is -4.37. The number of halogens is 3. The van der Waals surface area contributed by atoms with Crippen LogP contribution in [0.2, 0.25) is 0 Å². The number of hydrogen-bond acceptors (Lipinski definition) is 2. The van der Waals surface area contributed by atoms with Gasteiger partial charge >= 0.3 is 6.18 Å². The lowest BCUT2D eigenvalue weighted by Gasteiger charge is -2.07. The van der Waals surface area contributed by atoms with Gasteiger partial charge in [0.05, 0.1) is 17.5 Å². The van der Waals surface area contributed by atoms with Crippen LogP contribution < -0.4 is 0 Å². The molecule has 0 saturated heterocycles. The number of nitrogens with one attached hydrogen (secondary N) is 1. The van der Waals surface area contributed by atoms with Crippen LogP contribution in [0.5, 0.6) is 0 Å². The van der Waals surface area contributed by atoms with Crippen LogP contribution in [0.4, 0.5) is 13.2 Å². The molecule has 3 rings (SSSR count). The Morgan fingerprint density at radius 2 is 1.85 bits per heavy atom. The van der Waals surface area contributed by atoms with E-state index in [2.05, 4.69) is 17.1 Å². The van der Waals surface area contributed by atoms with E-state index in [4.69, 9.17) is 5.21 Å². The van der Waals surface area contributed by atoms with E-state index in [1.165, 1.54) is 23.9 Å². The molecule has 6 heteroatoms. The van der Waals surface area contributed by atoms with Crippen LogP contribution >= 0.6 is 0 Å². The number of aromatic nitrogens is 1. The van der Waals surface area contributed by atoms with Gasteiger partial charge in [0.1, 0.15) is 0 Å². The van der Waals surface area contributed by atoms with Crippen molar-refractivity contribution in [3.63, 3.8) is 0 Å². The lowest BCUT2D eigenvalue weighted by molar-refractivity contribution is -0.137. The average molecular weight is 360 g/mol. The smallest absolute Gasteiger partial charge is 0.411 e. The molecular formula is C20H19F3N2O. The number of H-pyrrole nitrogens is 1. The first kappa shape index (κ1) is 18.0. The lowest BCUT2D eigenvalue weighted by atomic mass is 10.0. The SMILES string of the molecule is CCCCc1ccc2[nH]c(-c3ccc(C(F)(F)F)cc3)c(/C=N\O)c2c1. The van der Waals surface area contributed by atoms with Gasteiger partial charge in [-0.2, -0.15) is 13.2 Å². The lowest BCUT2D eigenvalue weighted by Crippen LogP contribution is -2.04. The summed E-state index contributed by atoms with van der Waals surface area (Å²) in [5.41, 5.74) is 3.19. The second-order valence-electron chi connectivity index (χ2n) is 6.22. The first-order valence-corrected chi connectivity index (χ1v) is 8.43. The van der Waals surface area contributed by atoms with E-state index in [0.29, 0.717) is 16.8 Å². The van der Waals surface area contributed by atoms with Crippen molar-refractivity contribution in [2.24, 2.45) is 5.16 Å². The molecule has 3 nitrogen and oxygen atoms in total. The molecule has 2 N–H and O–H groups in total. The van der Waals surface area contributed by atoms with Crippen molar-refractivity contribution in [1.82, 2.24) is 4.98 Å². The molecule has 0 spiro atoms. The van der Waals surface area contributed by atoms with E-state index < -0.39 is 11.7 Å². The molecule has 0 aliphatic heterocycles. The molecule has 1 heterocycles. The number of nitrogens with zero attached hydrogens (tertiary/aromatic N) is 1. The largest absolute Gasteiger partial charge is 0.416 e. The number of oxime groups is 1. The van der Waals surface area contributed by atoms with Crippen molar-refractivity contribution in [2.45, 2.75) is 32.4 Å². The quantitative estimate of drug-likeness (QED) is 0.327. The number of hydrogen-bond donors (Lipinski definition) is 2. The van der Waals surface area contributed by atoms with Crippen molar-refractivity contribution in [3.05, 3.63) is 59.2 Å². The molecular weight excluding hydrogens is 341 g/mol. The standard InChI is InChI=1S/C20H19F3N2O/c1-2-3-4-13-5-10-18-16(11-13)17(12-24-26)19(25-18)14-6-8-15(9-7-14)20(21,22)23/h5-12,25-26H,2-4H2,1H3/b24-12-. The van der Waals surface area contributed by atoms with Gasteiger partial charge in [-0.3, -0.25) is 0 Å². The van der Waals surface area contributed by atoms with Crippen LogP contribution in [0.1, 0.15) is 36.5 Å². The predicted octanol–water partition coefficient (Wildman–Crippen LogP) is 6.00. The third-order valence-corrected chi connectivity index (χ3v) is 4.41. The van der Waals surface area contributed by atoms with Crippen LogP contribution in [0.15, 0.2) is 47.6 Å². The first-order chi connectivity index (χ1) is 12.4. The maximum absolute atomic E-state index is 12.8. The van der Waals surface area contributed by atoms with Gasteiger partial charge in [-0.25, -0.2) is 0 Å². The van der Waals surface area contributed by atoms with E-state index >= 15 is 0 Å². The monoisotopic (exact) mass is 360 g/mol. The highest BCUT2D eigenvalue weighted by molar-refractivity contribution is 6.06.